The van der Waals surface area contributed by atoms with E-state index >= 15 is 0 Å². The summed E-state index contributed by atoms with van der Waals surface area (Å²) in [6.45, 7) is 3.11. The van der Waals surface area contributed by atoms with E-state index in [4.69, 9.17) is 9.47 Å². The third kappa shape index (κ3) is 6.89. The number of amides is 2. The minimum atomic E-state index is -1.34. The molecule has 4 rings (SSSR count). The molecule has 0 saturated heterocycles. The van der Waals surface area contributed by atoms with Crippen LogP contribution in [0.5, 0.6) is 10.8 Å². The number of rotatable bonds is 8. The molecule has 0 saturated carbocycles. The van der Waals surface area contributed by atoms with Crippen molar-refractivity contribution < 1.29 is 27.8 Å². The second-order valence-electron chi connectivity index (χ2n) is 8.48. The van der Waals surface area contributed by atoms with E-state index in [9.17, 15) is 18.4 Å². The Morgan fingerprint density at radius 3 is 2.19 bits per heavy atom. The molecule has 0 unspecified atom stereocenters. The molecule has 0 atom stereocenters. The van der Waals surface area contributed by atoms with Crippen molar-refractivity contribution in [1.29, 1.82) is 0 Å². The molecule has 0 bridgehead atoms. The number of ether oxygens (including phenoxy) is 2. The number of carbonyl (C=O) groups excluding carboxylic acids is 2. The van der Waals surface area contributed by atoms with Crippen molar-refractivity contribution in [3.8, 4) is 22.1 Å². The van der Waals surface area contributed by atoms with Crippen molar-refractivity contribution in [3.63, 3.8) is 0 Å². The van der Waals surface area contributed by atoms with E-state index in [1.807, 2.05) is 30.3 Å². The zero-order valence-corrected chi connectivity index (χ0v) is 20.8. The summed E-state index contributed by atoms with van der Waals surface area (Å²) in [5, 5.41) is 5.72. The minimum absolute atomic E-state index is 0.0575. The van der Waals surface area contributed by atoms with Crippen molar-refractivity contribution in [3.05, 3.63) is 96.1 Å². The lowest BCUT2D eigenvalue weighted by atomic mass is 10.1. The summed E-state index contributed by atoms with van der Waals surface area (Å²) in [5.74, 6) is -1.02. The third-order valence-corrected chi connectivity index (χ3v) is 6.00. The second-order valence-corrected chi connectivity index (χ2v) is 9.45. The fraction of sp³-hybridized carbons (Fsp3) is 0.148. The lowest BCUT2D eigenvalue weighted by molar-refractivity contribution is -0.121. The predicted molar refractivity (Wildman–Crippen MR) is 136 cm³/mol. The largest absolute Gasteiger partial charge is 0.445 e. The molecule has 4 aromatic rings. The number of anilines is 1. The molecular weight excluding hydrogens is 500 g/mol. The normalized spacial score (nSPS) is 11.0. The third-order valence-electron chi connectivity index (χ3n) is 5.15. The van der Waals surface area contributed by atoms with Crippen molar-refractivity contribution >= 4 is 28.5 Å². The van der Waals surface area contributed by atoms with Gasteiger partial charge in [0, 0.05) is 5.56 Å². The summed E-state index contributed by atoms with van der Waals surface area (Å²) in [4.78, 5) is 29.7. The van der Waals surface area contributed by atoms with Gasteiger partial charge in [0.25, 0.3) is 5.91 Å². The van der Waals surface area contributed by atoms with Crippen molar-refractivity contribution in [2.24, 2.45) is 0 Å². The molecule has 0 radical (unpaired) electrons. The van der Waals surface area contributed by atoms with Crippen molar-refractivity contribution in [1.82, 2.24) is 10.3 Å². The van der Waals surface area contributed by atoms with Crippen LogP contribution in [0.3, 0.4) is 0 Å². The first-order chi connectivity index (χ1) is 17.7. The highest BCUT2D eigenvalue weighted by Gasteiger charge is 2.31. The first-order valence-corrected chi connectivity index (χ1v) is 12.0. The van der Waals surface area contributed by atoms with Crippen molar-refractivity contribution in [2.45, 2.75) is 26.0 Å². The van der Waals surface area contributed by atoms with Crippen LogP contribution in [0.25, 0.3) is 11.3 Å². The van der Waals surface area contributed by atoms with Gasteiger partial charge in [-0.05, 0) is 67.9 Å². The van der Waals surface area contributed by atoms with Gasteiger partial charge in [-0.2, -0.15) is 0 Å². The molecule has 1 aromatic heterocycles. The highest BCUT2D eigenvalue weighted by atomic mass is 32.1. The number of halogens is 2. The number of alkyl carbamates (subject to hydrolysis) is 1. The Labute approximate surface area is 216 Å². The quantitative estimate of drug-likeness (QED) is 0.274. The number of nitrogens with one attached hydrogen (secondary N) is 2. The first kappa shape index (κ1) is 25.8. The summed E-state index contributed by atoms with van der Waals surface area (Å²) >= 11 is 1.03. The van der Waals surface area contributed by atoms with E-state index in [-0.39, 0.29) is 11.7 Å². The standard InChI is InChI=1S/C27H23F2N3O4S/c1-27(2,32-26(34)35-16-17-6-4-3-5-7-17)24(33)31-25-30-22(18-8-10-19(28)11-9-18)23(37-25)36-21-14-12-20(29)13-15-21/h3-15H,16H2,1-2H3,(H,32,34)(H,30,31,33). The van der Waals surface area contributed by atoms with Gasteiger partial charge in [0.1, 0.15) is 35.2 Å². The highest BCUT2D eigenvalue weighted by Crippen LogP contribution is 2.40. The number of hydrogen-bond donors (Lipinski definition) is 2. The van der Waals surface area contributed by atoms with E-state index in [1.165, 1.54) is 62.4 Å². The molecule has 37 heavy (non-hydrogen) atoms. The molecular formula is C27H23F2N3O4S. The maximum atomic E-state index is 13.5. The van der Waals surface area contributed by atoms with Crippen LogP contribution in [0.1, 0.15) is 19.4 Å². The molecule has 190 valence electrons. The van der Waals surface area contributed by atoms with E-state index in [2.05, 4.69) is 15.6 Å². The smallest absolute Gasteiger partial charge is 0.408 e. The fourth-order valence-electron chi connectivity index (χ4n) is 3.15. The number of thiazole rings is 1. The van der Waals surface area contributed by atoms with Gasteiger partial charge in [-0.1, -0.05) is 41.7 Å². The Morgan fingerprint density at radius 1 is 0.919 bits per heavy atom. The van der Waals surface area contributed by atoms with Gasteiger partial charge in [-0.25, -0.2) is 18.6 Å². The van der Waals surface area contributed by atoms with E-state index in [1.54, 1.807) is 0 Å². The number of carbonyl (C=O) groups is 2. The lowest BCUT2D eigenvalue weighted by Gasteiger charge is -2.24. The predicted octanol–water partition coefficient (Wildman–Crippen LogP) is 6.52. The molecule has 3 aromatic carbocycles. The van der Waals surface area contributed by atoms with Crippen LogP contribution in [0.15, 0.2) is 78.9 Å². The Hall–Kier alpha value is -4.31. The molecule has 0 aliphatic heterocycles. The van der Waals surface area contributed by atoms with Gasteiger partial charge in [-0.3, -0.25) is 10.1 Å². The summed E-state index contributed by atoms with van der Waals surface area (Å²) in [5.41, 5.74) is 0.382. The van der Waals surface area contributed by atoms with Crippen LogP contribution in [0.4, 0.5) is 18.7 Å². The molecule has 10 heteroatoms. The van der Waals surface area contributed by atoms with Gasteiger partial charge < -0.3 is 14.8 Å². The van der Waals surface area contributed by atoms with Crippen LogP contribution < -0.4 is 15.4 Å². The summed E-state index contributed by atoms with van der Waals surface area (Å²) in [6.07, 6.45) is -0.754. The maximum Gasteiger partial charge on any atom is 0.408 e. The van der Waals surface area contributed by atoms with Crippen LogP contribution in [-0.2, 0) is 16.1 Å². The first-order valence-electron chi connectivity index (χ1n) is 11.2. The summed E-state index contributed by atoms with van der Waals surface area (Å²) < 4.78 is 37.9. The van der Waals surface area contributed by atoms with E-state index in [0.717, 1.165) is 16.9 Å². The molecule has 7 nitrogen and oxygen atoms in total. The molecule has 0 aliphatic carbocycles. The summed E-state index contributed by atoms with van der Waals surface area (Å²) in [7, 11) is 0. The number of hydrogen-bond acceptors (Lipinski definition) is 6. The number of benzene rings is 3. The van der Waals surface area contributed by atoms with E-state index in [0.29, 0.717) is 22.1 Å². The van der Waals surface area contributed by atoms with Gasteiger partial charge in [0.15, 0.2) is 5.13 Å². The Bertz CT molecular complexity index is 1380. The maximum absolute atomic E-state index is 13.5. The summed E-state index contributed by atoms with van der Waals surface area (Å²) in [6, 6.07) is 20.2. The lowest BCUT2D eigenvalue weighted by Crippen LogP contribution is -2.52. The van der Waals surface area contributed by atoms with Gasteiger partial charge in [0.05, 0.1) is 0 Å². The minimum Gasteiger partial charge on any atom is -0.445 e. The number of aromatic nitrogens is 1. The average molecular weight is 524 g/mol. The van der Waals surface area contributed by atoms with Crippen LogP contribution in [0.2, 0.25) is 0 Å². The highest BCUT2D eigenvalue weighted by molar-refractivity contribution is 7.18. The average Bonchev–Trinajstić information content (AvgIpc) is 3.27. The van der Waals surface area contributed by atoms with Crippen molar-refractivity contribution in [2.75, 3.05) is 5.32 Å². The second kappa shape index (κ2) is 11.2. The zero-order valence-electron chi connectivity index (χ0n) is 20.0. The van der Waals surface area contributed by atoms with Crippen LogP contribution in [0, 0.1) is 11.6 Å². The van der Waals surface area contributed by atoms with Gasteiger partial charge >= 0.3 is 6.09 Å². The molecule has 0 fully saturated rings. The fourth-order valence-corrected chi connectivity index (χ4v) is 4.01. The molecule has 0 spiro atoms. The topological polar surface area (TPSA) is 89.5 Å². The van der Waals surface area contributed by atoms with Crippen LogP contribution >= 0.6 is 11.3 Å². The molecule has 2 N–H and O–H groups in total. The van der Waals surface area contributed by atoms with E-state index < -0.39 is 29.2 Å². The monoisotopic (exact) mass is 523 g/mol. The van der Waals surface area contributed by atoms with Gasteiger partial charge in [0.2, 0.25) is 5.06 Å². The molecule has 1 heterocycles. The SMILES string of the molecule is CC(C)(NC(=O)OCc1ccccc1)C(=O)Nc1nc(-c2ccc(F)cc2)c(Oc2ccc(F)cc2)s1. The Kier molecular flexibility index (Phi) is 7.78. The number of nitrogens with zero attached hydrogens (tertiary/aromatic N) is 1. The Balaban J connectivity index is 1.48. The molecule has 2 amide bonds. The van der Waals surface area contributed by atoms with Crippen LogP contribution in [-0.4, -0.2) is 22.5 Å². The molecule has 0 aliphatic rings. The Morgan fingerprint density at radius 2 is 1.54 bits per heavy atom. The zero-order chi connectivity index (χ0) is 26.4. The van der Waals surface area contributed by atoms with Gasteiger partial charge in [-0.15, -0.1) is 0 Å².